The van der Waals surface area contributed by atoms with Crippen LogP contribution in [0.5, 0.6) is 5.75 Å². The summed E-state index contributed by atoms with van der Waals surface area (Å²) in [5, 5.41) is 3.30. The second-order valence-corrected chi connectivity index (χ2v) is 10.7. The summed E-state index contributed by atoms with van der Waals surface area (Å²) in [4.78, 5) is 30.8. The summed E-state index contributed by atoms with van der Waals surface area (Å²) in [5.41, 5.74) is 1.35. The fraction of sp³-hybridized carbons (Fsp3) is 0.481. The first-order valence-electron chi connectivity index (χ1n) is 12.4. The van der Waals surface area contributed by atoms with Crippen molar-refractivity contribution < 1.29 is 14.3 Å². The summed E-state index contributed by atoms with van der Waals surface area (Å²) in [6, 6.07) is 11.8. The van der Waals surface area contributed by atoms with E-state index in [2.05, 4.69) is 22.9 Å². The average molecular weight is 480 g/mol. The number of ether oxygens (including phenoxy) is 1. The maximum atomic E-state index is 14.0. The van der Waals surface area contributed by atoms with E-state index in [-0.39, 0.29) is 17.9 Å². The summed E-state index contributed by atoms with van der Waals surface area (Å²) in [6.07, 6.45) is 6.47. The van der Waals surface area contributed by atoms with Crippen LogP contribution in [0.2, 0.25) is 0 Å². The molecule has 1 atom stereocenters. The standard InChI is InChI=1S/C27H33N3O3S/c1-4-21-15-22-24(34-21)16-23-25(31)30(19-11-13-20(14-12-19)33-5-2)27(3,17-29(22)23)26(32)28-18-9-7-6-8-10-18/h11-16,18H,4-10,17H2,1-3H3,(H,28,32)/t27-/m1/s1. The number of fused-ring (bicyclic) bond motifs is 3. The van der Waals surface area contributed by atoms with Crippen molar-refractivity contribution >= 4 is 39.1 Å². The summed E-state index contributed by atoms with van der Waals surface area (Å²) < 4.78 is 8.75. The number of rotatable bonds is 6. The molecule has 7 heteroatoms. The van der Waals surface area contributed by atoms with Crippen molar-refractivity contribution in [3.63, 3.8) is 0 Å². The third-order valence-electron chi connectivity index (χ3n) is 7.21. The molecule has 0 spiro atoms. The third-order valence-corrected chi connectivity index (χ3v) is 8.42. The second kappa shape index (κ2) is 9.10. The van der Waals surface area contributed by atoms with Crippen molar-refractivity contribution in [3.05, 3.63) is 47.0 Å². The summed E-state index contributed by atoms with van der Waals surface area (Å²) in [6.45, 7) is 6.99. The minimum absolute atomic E-state index is 0.0833. The van der Waals surface area contributed by atoms with E-state index in [9.17, 15) is 9.59 Å². The van der Waals surface area contributed by atoms with Gasteiger partial charge in [0.15, 0.2) is 0 Å². The lowest BCUT2D eigenvalue weighted by Gasteiger charge is -2.44. The molecule has 180 valence electrons. The van der Waals surface area contributed by atoms with Crippen LogP contribution in [0, 0.1) is 0 Å². The first kappa shape index (κ1) is 23.0. The summed E-state index contributed by atoms with van der Waals surface area (Å²) >= 11 is 1.73. The Bertz CT molecular complexity index is 1210. The first-order chi connectivity index (χ1) is 16.4. The Morgan fingerprint density at radius 1 is 1.15 bits per heavy atom. The lowest BCUT2D eigenvalue weighted by molar-refractivity contribution is -0.127. The van der Waals surface area contributed by atoms with E-state index in [1.165, 1.54) is 11.3 Å². The molecule has 0 bridgehead atoms. The van der Waals surface area contributed by atoms with Crippen molar-refractivity contribution in [1.29, 1.82) is 0 Å². The van der Waals surface area contributed by atoms with Crippen LogP contribution < -0.4 is 15.0 Å². The lowest BCUT2D eigenvalue weighted by atomic mass is 9.91. The maximum absolute atomic E-state index is 14.0. The number of nitrogens with zero attached hydrogens (tertiary/aromatic N) is 2. The highest BCUT2D eigenvalue weighted by atomic mass is 32.1. The number of carbonyl (C=O) groups is 2. The van der Waals surface area contributed by atoms with Gasteiger partial charge in [0.1, 0.15) is 17.0 Å². The predicted octanol–water partition coefficient (Wildman–Crippen LogP) is 5.53. The number of hydrogen-bond acceptors (Lipinski definition) is 4. The highest BCUT2D eigenvalue weighted by Gasteiger charge is 2.49. The number of aryl methyl sites for hydroxylation is 1. The quantitative estimate of drug-likeness (QED) is 0.505. The summed E-state index contributed by atoms with van der Waals surface area (Å²) in [7, 11) is 0. The molecule has 2 aromatic heterocycles. The van der Waals surface area contributed by atoms with Crippen LogP contribution in [0.25, 0.3) is 10.2 Å². The van der Waals surface area contributed by atoms with E-state index in [1.807, 2.05) is 44.2 Å². The topological polar surface area (TPSA) is 63.6 Å². The fourth-order valence-corrected chi connectivity index (χ4v) is 6.39. The molecule has 0 radical (unpaired) electrons. The van der Waals surface area contributed by atoms with E-state index in [1.54, 1.807) is 16.2 Å². The Hall–Kier alpha value is -2.80. The van der Waals surface area contributed by atoms with E-state index in [4.69, 9.17) is 4.74 Å². The van der Waals surface area contributed by atoms with Gasteiger partial charge in [-0.2, -0.15) is 0 Å². The molecule has 1 aromatic carbocycles. The molecule has 6 nitrogen and oxygen atoms in total. The third kappa shape index (κ3) is 3.90. The Labute approximate surface area is 204 Å². The molecule has 1 aliphatic heterocycles. The van der Waals surface area contributed by atoms with Crippen LogP contribution in [0.3, 0.4) is 0 Å². The Balaban J connectivity index is 1.57. The van der Waals surface area contributed by atoms with E-state index in [0.29, 0.717) is 24.5 Å². The molecule has 2 aliphatic rings. The number of amides is 2. The van der Waals surface area contributed by atoms with E-state index in [0.717, 1.165) is 48.1 Å². The van der Waals surface area contributed by atoms with Crippen LogP contribution in [0.15, 0.2) is 36.4 Å². The zero-order valence-corrected chi connectivity index (χ0v) is 21.0. The van der Waals surface area contributed by atoms with E-state index >= 15 is 0 Å². The van der Waals surface area contributed by atoms with Crippen molar-refractivity contribution in [2.45, 2.75) is 77.4 Å². The van der Waals surface area contributed by atoms with Gasteiger partial charge in [-0.15, -0.1) is 11.3 Å². The zero-order chi connectivity index (χ0) is 23.9. The number of hydrogen-bond donors (Lipinski definition) is 1. The minimum Gasteiger partial charge on any atom is -0.494 e. The smallest absolute Gasteiger partial charge is 0.275 e. The van der Waals surface area contributed by atoms with Gasteiger partial charge in [-0.25, -0.2) is 0 Å². The Morgan fingerprint density at radius 3 is 2.56 bits per heavy atom. The van der Waals surface area contributed by atoms with Crippen molar-refractivity contribution in [2.75, 3.05) is 11.5 Å². The number of nitrogens with one attached hydrogen (secondary N) is 1. The zero-order valence-electron chi connectivity index (χ0n) is 20.2. The molecule has 3 aromatic rings. The van der Waals surface area contributed by atoms with Crippen LogP contribution >= 0.6 is 11.3 Å². The van der Waals surface area contributed by atoms with Crippen LogP contribution in [0.4, 0.5) is 5.69 Å². The van der Waals surface area contributed by atoms with Gasteiger partial charge in [0.05, 0.1) is 23.4 Å². The van der Waals surface area contributed by atoms with Gasteiger partial charge < -0.3 is 14.6 Å². The van der Waals surface area contributed by atoms with Crippen LogP contribution in [0.1, 0.15) is 68.2 Å². The monoisotopic (exact) mass is 479 g/mol. The molecule has 0 saturated heterocycles. The molecular formula is C27H33N3O3S. The van der Waals surface area contributed by atoms with Gasteiger partial charge in [-0.3, -0.25) is 14.5 Å². The SMILES string of the molecule is CCOc1ccc(N2C(=O)c3cc4sc(CC)cc4n3C[C@]2(C)C(=O)NC2CCCCC2)cc1. The number of carbonyl (C=O) groups excluding carboxylic acids is 2. The molecule has 34 heavy (non-hydrogen) atoms. The maximum Gasteiger partial charge on any atom is 0.275 e. The minimum atomic E-state index is -1.05. The van der Waals surface area contributed by atoms with Crippen molar-refractivity contribution in [3.8, 4) is 5.75 Å². The number of aromatic nitrogens is 1. The summed E-state index contributed by atoms with van der Waals surface area (Å²) in [5.74, 6) is 0.526. The lowest BCUT2D eigenvalue weighted by Crippen LogP contribution is -2.65. The molecule has 1 saturated carbocycles. The first-order valence-corrected chi connectivity index (χ1v) is 13.3. The van der Waals surface area contributed by atoms with Crippen molar-refractivity contribution in [1.82, 2.24) is 9.88 Å². The van der Waals surface area contributed by atoms with Crippen LogP contribution in [-0.2, 0) is 17.8 Å². The number of benzene rings is 1. The second-order valence-electron chi connectivity index (χ2n) is 9.58. The molecule has 2 amide bonds. The molecule has 1 N–H and O–H groups in total. The average Bonchev–Trinajstić information content (AvgIpc) is 3.39. The van der Waals surface area contributed by atoms with Gasteiger partial charge in [0.2, 0.25) is 5.91 Å². The van der Waals surface area contributed by atoms with Gasteiger partial charge in [-0.05, 0) is 69.5 Å². The highest BCUT2D eigenvalue weighted by Crippen LogP contribution is 2.39. The number of thiophene rings is 1. The van der Waals surface area contributed by atoms with Crippen molar-refractivity contribution in [2.24, 2.45) is 0 Å². The van der Waals surface area contributed by atoms with Gasteiger partial charge in [-0.1, -0.05) is 26.2 Å². The van der Waals surface area contributed by atoms with E-state index < -0.39 is 5.54 Å². The Morgan fingerprint density at radius 2 is 1.88 bits per heavy atom. The predicted molar refractivity (Wildman–Crippen MR) is 137 cm³/mol. The highest BCUT2D eigenvalue weighted by molar-refractivity contribution is 7.19. The molecular weight excluding hydrogens is 446 g/mol. The number of anilines is 1. The van der Waals surface area contributed by atoms with Gasteiger partial charge in [0.25, 0.3) is 5.91 Å². The molecule has 5 rings (SSSR count). The molecule has 0 unspecified atom stereocenters. The molecule has 3 heterocycles. The van der Waals surface area contributed by atoms with Crippen LogP contribution in [-0.4, -0.2) is 34.6 Å². The molecule has 1 fully saturated rings. The van der Waals surface area contributed by atoms with Gasteiger partial charge >= 0.3 is 0 Å². The molecule has 1 aliphatic carbocycles. The Kier molecular flexibility index (Phi) is 6.15. The largest absolute Gasteiger partial charge is 0.494 e. The fourth-order valence-electron chi connectivity index (χ4n) is 5.35. The van der Waals surface area contributed by atoms with Gasteiger partial charge in [0, 0.05) is 16.6 Å². The normalized spacial score (nSPS) is 21.0.